The number of hydrogen-bond acceptors (Lipinski definition) is 5. The number of rotatable bonds is 6. The first-order valence-electron chi connectivity index (χ1n) is 7.55. The molecule has 0 aliphatic carbocycles. The van der Waals surface area contributed by atoms with Gasteiger partial charge in [0.2, 0.25) is 0 Å². The molecule has 1 aromatic rings. The van der Waals surface area contributed by atoms with Crippen molar-refractivity contribution in [3.63, 3.8) is 0 Å². The van der Waals surface area contributed by atoms with Gasteiger partial charge in [-0.05, 0) is 38.9 Å². The predicted octanol–water partition coefficient (Wildman–Crippen LogP) is 2.92. The first kappa shape index (κ1) is 15.6. The number of piperidine rings is 1. The van der Waals surface area contributed by atoms with Crippen molar-refractivity contribution in [1.29, 1.82) is 0 Å². The first-order valence-corrected chi connectivity index (χ1v) is 7.55. The van der Waals surface area contributed by atoms with Gasteiger partial charge >= 0.3 is 0 Å². The Kier molecular flexibility index (Phi) is 5.38. The molecule has 0 radical (unpaired) electrons. The van der Waals surface area contributed by atoms with Gasteiger partial charge in [0, 0.05) is 43.1 Å². The van der Waals surface area contributed by atoms with Crippen LogP contribution in [0.2, 0.25) is 0 Å². The van der Waals surface area contributed by atoms with Crippen molar-refractivity contribution in [2.75, 3.05) is 37.3 Å². The Morgan fingerprint density at radius 2 is 1.90 bits per heavy atom. The topological polar surface area (TPSA) is 70.4 Å². The molecule has 1 unspecified atom stereocenters. The lowest BCUT2D eigenvalue weighted by atomic mass is 10.1. The minimum Gasteiger partial charge on any atom is -0.388 e. The largest absolute Gasteiger partial charge is 0.388 e. The Hall–Kier alpha value is -1.82. The van der Waals surface area contributed by atoms with Gasteiger partial charge in [0.05, 0.1) is 4.92 Å². The van der Waals surface area contributed by atoms with Crippen LogP contribution in [0.25, 0.3) is 0 Å². The van der Waals surface area contributed by atoms with E-state index in [1.54, 1.807) is 19.2 Å². The molecular weight excluding hydrogens is 268 g/mol. The van der Waals surface area contributed by atoms with Gasteiger partial charge in [0.1, 0.15) is 0 Å². The number of nitro benzene ring substituents is 1. The fourth-order valence-corrected chi connectivity index (χ4v) is 2.72. The molecule has 6 heteroatoms. The number of likely N-dealkylation sites (tertiary alicyclic amines) is 1. The number of nitro groups is 1. The van der Waals surface area contributed by atoms with Gasteiger partial charge < -0.3 is 10.6 Å². The monoisotopic (exact) mass is 292 g/mol. The van der Waals surface area contributed by atoms with Crippen molar-refractivity contribution in [3.05, 3.63) is 28.3 Å². The third kappa shape index (κ3) is 4.32. The third-order valence-corrected chi connectivity index (χ3v) is 4.03. The van der Waals surface area contributed by atoms with Crippen molar-refractivity contribution in [2.24, 2.45) is 0 Å². The van der Waals surface area contributed by atoms with Crippen molar-refractivity contribution in [3.8, 4) is 0 Å². The molecule has 0 amide bonds. The van der Waals surface area contributed by atoms with Crippen LogP contribution < -0.4 is 10.6 Å². The fourth-order valence-electron chi connectivity index (χ4n) is 2.72. The second-order valence-corrected chi connectivity index (χ2v) is 5.60. The second-order valence-electron chi connectivity index (χ2n) is 5.60. The van der Waals surface area contributed by atoms with E-state index in [0.29, 0.717) is 6.04 Å². The summed E-state index contributed by atoms with van der Waals surface area (Å²) in [7, 11) is 1.76. The van der Waals surface area contributed by atoms with Gasteiger partial charge in [0.15, 0.2) is 0 Å². The van der Waals surface area contributed by atoms with Gasteiger partial charge in [-0.25, -0.2) is 0 Å². The summed E-state index contributed by atoms with van der Waals surface area (Å²) in [6, 6.07) is 5.46. The lowest BCUT2D eigenvalue weighted by molar-refractivity contribution is -0.384. The number of non-ortho nitro benzene ring substituents is 1. The summed E-state index contributed by atoms with van der Waals surface area (Å²) < 4.78 is 0. The van der Waals surface area contributed by atoms with Crippen LogP contribution in [0.3, 0.4) is 0 Å². The van der Waals surface area contributed by atoms with E-state index in [1.165, 1.54) is 19.3 Å². The third-order valence-electron chi connectivity index (χ3n) is 4.03. The number of hydrogen-bond donors (Lipinski definition) is 2. The van der Waals surface area contributed by atoms with E-state index in [-0.39, 0.29) is 10.6 Å². The molecule has 0 saturated carbocycles. The normalized spacial score (nSPS) is 17.2. The molecule has 1 fully saturated rings. The summed E-state index contributed by atoms with van der Waals surface area (Å²) in [6.45, 7) is 5.30. The molecule has 116 valence electrons. The summed E-state index contributed by atoms with van der Waals surface area (Å²) in [6.07, 6.45) is 3.86. The van der Waals surface area contributed by atoms with Crippen LogP contribution in [0.15, 0.2) is 18.2 Å². The maximum atomic E-state index is 10.9. The van der Waals surface area contributed by atoms with Crippen LogP contribution in [0, 0.1) is 10.1 Å². The van der Waals surface area contributed by atoms with Crippen molar-refractivity contribution in [2.45, 2.75) is 32.2 Å². The van der Waals surface area contributed by atoms with Crippen molar-refractivity contribution in [1.82, 2.24) is 4.90 Å². The van der Waals surface area contributed by atoms with Crippen LogP contribution in [0.4, 0.5) is 17.1 Å². The summed E-state index contributed by atoms with van der Waals surface area (Å²) in [5.74, 6) is 0. The standard InChI is InChI=1S/C15H24N4O2/c1-12(18-6-4-3-5-7-18)11-17-14-8-13(16-2)9-15(10-14)19(20)21/h8-10,12,16-17H,3-7,11H2,1-2H3. The van der Waals surface area contributed by atoms with Crippen LogP contribution in [-0.4, -0.2) is 42.5 Å². The van der Waals surface area contributed by atoms with E-state index in [1.807, 2.05) is 6.07 Å². The highest BCUT2D eigenvalue weighted by Gasteiger charge is 2.17. The van der Waals surface area contributed by atoms with Gasteiger partial charge in [-0.2, -0.15) is 0 Å². The zero-order valence-corrected chi connectivity index (χ0v) is 12.8. The minimum absolute atomic E-state index is 0.106. The Morgan fingerprint density at radius 3 is 2.52 bits per heavy atom. The number of nitrogens with zero attached hydrogens (tertiary/aromatic N) is 2. The van der Waals surface area contributed by atoms with Gasteiger partial charge in [-0.3, -0.25) is 15.0 Å². The number of anilines is 2. The molecule has 0 bridgehead atoms. The van der Waals surface area contributed by atoms with Crippen molar-refractivity contribution < 1.29 is 4.92 Å². The van der Waals surface area contributed by atoms with E-state index in [0.717, 1.165) is 31.0 Å². The number of nitrogens with one attached hydrogen (secondary N) is 2. The van der Waals surface area contributed by atoms with Crippen LogP contribution in [0.5, 0.6) is 0 Å². The molecule has 1 atom stereocenters. The summed E-state index contributed by atoms with van der Waals surface area (Å²) in [5, 5.41) is 17.2. The highest BCUT2D eigenvalue weighted by atomic mass is 16.6. The lowest BCUT2D eigenvalue weighted by Gasteiger charge is -2.32. The highest BCUT2D eigenvalue weighted by Crippen LogP contribution is 2.24. The Morgan fingerprint density at radius 1 is 1.24 bits per heavy atom. The van der Waals surface area contributed by atoms with E-state index in [4.69, 9.17) is 0 Å². The molecule has 1 aromatic carbocycles. The fraction of sp³-hybridized carbons (Fsp3) is 0.600. The average molecular weight is 292 g/mol. The summed E-state index contributed by atoms with van der Waals surface area (Å²) >= 11 is 0. The molecule has 2 rings (SSSR count). The second kappa shape index (κ2) is 7.26. The van der Waals surface area contributed by atoms with Crippen molar-refractivity contribution >= 4 is 17.1 Å². The molecule has 1 heterocycles. The maximum absolute atomic E-state index is 10.9. The SMILES string of the molecule is CNc1cc(NCC(C)N2CCCCC2)cc([N+](=O)[O-])c1. The molecule has 1 aliphatic heterocycles. The highest BCUT2D eigenvalue weighted by molar-refractivity contribution is 5.63. The zero-order valence-electron chi connectivity index (χ0n) is 12.8. The molecule has 2 N–H and O–H groups in total. The lowest BCUT2D eigenvalue weighted by Crippen LogP contribution is -2.41. The molecule has 6 nitrogen and oxygen atoms in total. The summed E-state index contributed by atoms with van der Waals surface area (Å²) in [4.78, 5) is 13.1. The van der Waals surface area contributed by atoms with E-state index in [9.17, 15) is 10.1 Å². The molecule has 1 saturated heterocycles. The summed E-state index contributed by atoms with van der Waals surface area (Å²) in [5.41, 5.74) is 1.64. The maximum Gasteiger partial charge on any atom is 0.273 e. The number of benzene rings is 1. The quantitative estimate of drug-likeness (QED) is 0.623. The van der Waals surface area contributed by atoms with Crippen LogP contribution in [0.1, 0.15) is 26.2 Å². The molecule has 21 heavy (non-hydrogen) atoms. The smallest absolute Gasteiger partial charge is 0.273 e. The Labute approximate surface area is 125 Å². The zero-order chi connectivity index (χ0) is 15.2. The molecular formula is C15H24N4O2. The van der Waals surface area contributed by atoms with E-state index < -0.39 is 0 Å². The van der Waals surface area contributed by atoms with E-state index >= 15 is 0 Å². The molecule has 1 aliphatic rings. The average Bonchev–Trinajstić information content (AvgIpc) is 2.53. The van der Waals surface area contributed by atoms with Gasteiger partial charge in [0.25, 0.3) is 5.69 Å². The van der Waals surface area contributed by atoms with Gasteiger partial charge in [-0.1, -0.05) is 6.42 Å². The minimum atomic E-state index is -0.361. The van der Waals surface area contributed by atoms with E-state index in [2.05, 4.69) is 22.5 Å². The molecule has 0 aromatic heterocycles. The Balaban J connectivity index is 1.98. The predicted molar refractivity (Wildman–Crippen MR) is 86.0 cm³/mol. The Bertz CT molecular complexity index is 487. The first-order chi connectivity index (χ1) is 10.1. The van der Waals surface area contributed by atoms with Crippen LogP contribution >= 0.6 is 0 Å². The van der Waals surface area contributed by atoms with Crippen LogP contribution in [-0.2, 0) is 0 Å². The van der Waals surface area contributed by atoms with Gasteiger partial charge in [-0.15, -0.1) is 0 Å². The molecule has 0 spiro atoms.